The predicted molar refractivity (Wildman–Crippen MR) is 48.2 cm³/mol. The van der Waals surface area contributed by atoms with Crippen LogP contribution in [-0.4, -0.2) is 32.2 Å². The van der Waals surface area contributed by atoms with E-state index in [2.05, 4.69) is 0 Å². The van der Waals surface area contributed by atoms with E-state index < -0.39 is 10.2 Å². The van der Waals surface area contributed by atoms with Crippen LogP contribution in [0.5, 0.6) is 0 Å². The molecule has 76 valence electrons. The van der Waals surface area contributed by atoms with Crippen LogP contribution in [0.2, 0.25) is 0 Å². The van der Waals surface area contributed by atoms with Gasteiger partial charge in [-0.15, -0.1) is 0 Å². The summed E-state index contributed by atoms with van der Waals surface area (Å²) >= 11 is 0. The third kappa shape index (κ3) is 2.96. The van der Waals surface area contributed by atoms with Gasteiger partial charge < -0.3 is 0 Å². The van der Waals surface area contributed by atoms with Crippen molar-refractivity contribution in [2.45, 2.75) is 25.7 Å². The Morgan fingerprint density at radius 1 is 1.08 bits per heavy atom. The number of nitrogens with one attached hydrogen (secondary N) is 1. The van der Waals surface area contributed by atoms with Gasteiger partial charge in [-0.2, -0.15) is 12.7 Å². The largest absolute Gasteiger partial charge is 0.303 e. The number of nitrogens with zero attached hydrogens (tertiary/aromatic N) is 1. The lowest BCUT2D eigenvalue weighted by Crippen LogP contribution is -2.40. The molecule has 0 atom stereocenters. The van der Waals surface area contributed by atoms with Gasteiger partial charge in [-0.3, -0.25) is 4.79 Å². The number of hydrogen-bond donors (Lipinski definition) is 1. The van der Waals surface area contributed by atoms with E-state index >= 15 is 0 Å². The van der Waals surface area contributed by atoms with Gasteiger partial charge in [-0.05, 0) is 12.8 Å². The Morgan fingerprint density at radius 3 is 2.08 bits per heavy atom. The maximum absolute atomic E-state index is 11.3. The van der Waals surface area contributed by atoms with Crippen molar-refractivity contribution in [2.24, 2.45) is 0 Å². The van der Waals surface area contributed by atoms with Crippen molar-refractivity contribution in [3.8, 4) is 0 Å². The predicted octanol–water partition coefficient (Wildman–Crippen LogP) is -0.147. The highest BCUT2D eigenvalue weighted by Gasteiger charge is 2.21. The maximum atomic E-state index is 11.3. The second-order valence-corrected chi connectivity index (χ2v) is 4.76. The van der Waals surface area contributed by atoms with E-state index in [9.17, 15) is 13.2 Å². The number of carbonyl (C=O) groups excluding carboxylic acids is 1. The van der Waals surface area contributed by atoms with Crippen LogP contribution in [0.1, 0.15) is 25.7 Å². The Balaban J connectivity index is 2.62. The molecule has 1 saturated heterocycles. The van der Waals surface area contributed by atoms with Crippen LogP contribution in [-0.2, 0) is 15.0 Å². The highest BCUT2D eigenvalue weighted by atomic mass is 32.2. The number of amides is 1. The standard InChI is InChI=1S/C7H14N2O3S/c10-7-8-13(11,12)9-5-3-1-2-4-6-9/h7H,1-6H2,(H,8,10). The second kappa shape index (κ2) is 4.57. The van der Waals surface area contributed by atoms with Gasteiger partial charge in [0.25, 0.3) is 0 Å². The molecule has 0 saturated carbocycles. The zero-order valence-electron chi connectivity index (χ0n) is 7.40. The van der Waals surface area contributed by atoms with Crippen molar-refractivity contribution < 1.29 is 13.2 Å². The van der Waals surface area contributed by atoms with Crippen LogP contribution in [0.15, 0.2) is 0 Å². The van der Waals surface area contributed by atoms with Crippen molar-refractivity contribution >= 4 is 16.6 Å². The lowest BCUT2D eigenvalue weighted by atomic mass is 10.2. The molecule has 0 unspecified atom stereocenters. The van der Waals surface area contributed by atoms with E-state index in [-0.39, 0.29) is 6.41 Å². The molecule has 5 nitrogen and oxygen atoms in total. The lowest BCUT2D eigenvalue weighted by Gasteiger charge is -2.17. The monoisotopic (exact) mass is 206 g/mol. The molecule has 0 spiro atoms. The summed E-state index contributed by atoms with van der Waals surface area (Å²) in [6, 6.07) is 0. The van der Waals surface area contributed by atoms with Gasteiger partial charge in [-0.25, -0.2) is 4.72 Å². The molecule has 1 aliphatic heterocycles. The lowest BCUT2D eigenvalue weighted by molar-refractivity contribution is -0.108. The molecule has 0 aliphatic carbocycles. The molecule has 0 radical (unpaired) electrons. The summed E-state index contributed by atoms with van der Waals surface area (Å²) in [6.07, 6.45) is 4.08. The summed E-state index contributed by atoms with van der Waals surface area (Å²) in [5.41, 5.74) is 0. The van der Waals surface area contributed by atoms with E-state index in [0.717, 1.165) is 25.7 Å². The van der Waals surface area contributed by atoms with Gasteiger partial charge in [0.05, 0.1) is 0 Å². The third-order valence-electron chi connectivity index (χ3n) is 2.10. The van der Waals surface area contributed by atoms with E-state index in [1.54, 1.807) is 0 Å². The van der Waals surface area contributed by atoms with Gasteiger partial charge in [0.15, 0.2) is 0 Å². The van der Waals surface area contributed by atoms with E-state index in [4.69, 9.17) is 0 Å². The molecule has 1 heterocycles. The summed E-state index contributed by atoms with van der Waals surface area (Å²) in [5, 5.41) is 0. The van der Waals surface area contributed by atoms with Crippen molar-refractivity contribution in [3.05, 3.63) is 0 Å². The molecule has 0 bridgehead atoms. The molecule has 1 fully saturated rings. The average Bonchev–Trinajstić information content (AvgIpc) is 2.31. The second-order valence-electron chi connectivity index (χ2n) is 3.05. The first-order valence-corrected chi connectivity index (χ1v) is 5.82. The molecule has 0 aromatic rings. The van der Waals surface area contributed by atoms with Crippen LogP contribution in [0.4, 0.5) is 0 Å². The molecule has 1 rings (SSSR count). The Labute approximate surface area is 78.3 Å². The number of rotatable bonds is 3. The fraction of sp³-hybridized carbons (Fsp3) is 0.857. The van der Waals surface area contributed by atoms with Crippen molar-refractivity contribution in [1.29, 1.82) is 0 Å². The smallest absolute Gasteiger partial charge is 0.278 e. The van der Waals surface area contributed by atoms with Crippen LogP contribution in [0.25, 0.3) is 0 Å². The van der Waals surface area contributed by atoms with E-state index in [1.165, 1.54) is 4.31 Å². The first-order chi connectivity index (χ1) is 6.17. The average molecular weight is 206 g/mol. The fourth-order valence-electron chi connectivity index (χ4n) is 1.42. The summed E-state index contributed by atoms with van der Waals surface area (Å²) < 4.78 is 25.8. The highest BCUT2D eigenvalue weighted by Crippen LogP contribution is 2.11. The van der Waals surface area contributed by atoms with Gasteiger partial charge in [0.2, 0.25) is 6.41 Å². The minimum Gasteiger partial charge on any atom is -0.278 e. The van der Waals surface area contributed by atoms with Crippen molar-refractivity contribution in [3.63, 3.8) is 0 Å². The Bertz CT molecular complexity index is 255. The zero-order valence-corrected chi connectivity index (χ0v) is 8.22. The summed E-state index contributed by atoms with van der Waals surface area (Å²) in [5.74, 6) is 0. The summed E-state index contributed by atoms with van der Waals surface area (Å²) in [6.45, 7) is 1.03. The van der Waals surface area contributed by atoms with Crippen LogP contribution in [0, 0.1) is 0 Å². The van der Waals surface area contributed by atoms with Crippen LogP contribution >= 0.6 is 0 Å². The minimum atomic E-state index is -3.54. The molecule has 6 heteroatoms. The van der Waals surface area contributed by atoms with Gasteiger partial charge in [-0.1, -0.05) is 12.8 Å². The quantitative estimate of drug-likeness (QED) is 0.653. The van der Waals surface area contributed by atoms with Gasteiger partial charge >= 0.3 is 10.2 Å². The maximum Gasteiger partial charge on any atom is 0.303 e. The minimum absolute atomic E-state index is 0.209. The molecule has 13 heavy (non-hydrogen) atoms. The highest BCUT2D eigenvalue weighted by molar-refractivity contribution is 7.87. The van der Waals surface area contributed by atoms with Crippen molar-refractivity contribution in [2.75, 3.05) is 13.1 Å². The van der Waals surface area contributed by atoms with Crippen LogP contribution in [0.3, 0.4) is 0 Å². The Morgan fingerprint density at radius 2 is 1.62 bits per heavy atom. The molecular weight excluding hydrogens is 192 g/mol. The summed E-state index contributed by atoms with van der Waals surface area (Å²) in [4.78, 5) is 10.0. The molecule has 0 aromatic heterocycles. The number of hydrogen-bond acceptors (Lipinski definition) is 3. The Kier molecular flexibility index (Phi) is 3.68. The first kappa shape index (κ1) is 10.5. The molecular formula is C7H14N2O3S. The molecule has 1 N–H and O–H groups in total. The van der Waals surface area contributed by atoms with E-state index in [1.807, 2.05) is 4.72 Å². The molecule has 1 amide bonds. The van der Waals surface area contributed by atoms with Crippen LogP contribution < -0.4 is 4.72 Å². The van der Waals surface area contributed by atoms with Gasteiger partial charge in [0, 0.05) is 13.1 Å². The van der Waals surface area contributed by atoms with Gasteiger partial charge in [0.1, 0.15) is 0 Å². The first-order valence-electron chi connectivity index (χ1n) is 4.38. The molecule has 1 aliphatic rings. The normalized spacial score (nSPS) is 20.6. The number of carbonyl (C=O) groups is 1. The SMILES string of the molecule is O=CNS(=O)(=O)N1CCCCCC1. The fourth-order valence-corrected chi connectivity index (χ4v) is 2.43. The molecule has 0 aromatic carbocycles. The Hall–Kier alpha value is -0.620. The summed E-state index contributed by atoms with van der Waals surface area (Å²) in [7, 11) is -3.54. The zero-order chi connectivity index (χ0) is 9.73. The topological polar surface area (TPSA) is 66.5 Å². The van der Waals surface area contributed by atoms with Crippen molar-refractivity contribution in [1.82, 2.24) is 9.03 Å². The van der Waals surface area contributed by atoms with E-state index in [0.29, 0.717) is 13.1 Å². The third-order valence-corrected chi connectivity index (χ3v) is 3.54.